The maximum atomic E-state index is 11.9. The van der Waals surface area contributed by atoms with Gasteiger partial charge in [0.2, 0.25) is 7.37 Å². The second-order valence-corrected chi connectivity index (χ2v) is 5.81. The van der Waals surface area contributed by atoms with Crippen LogP contribution in [0.4, 0.5) is 0 Å². The summed E-state index contributed by atoms with van der Waals surface area (Å²) in [5, 5.41) is 0.430. The fraction of sp³-hybridized carbons (Fsp3) is 0.364. The molecule has 0 fully saturated rings. The number of carbonyl (C=O) groups is 1. The van der Waals surface area contributed by atoms with E-state index in [4.69, 9.17) is 0 Å². The summed E-state index contributed by atoms with van der Waals surface area (Å²) in [7, 11) is -2.02. The molecule has 1 N–H and O–H groups in total. The Morgan fingerprint density at radius 1 is 1.38 bits per heavy atom. The molecule has 0 bridgehead atoms. The zero-order chi connectivity index (χ0) is 12.0. The van der Waals surface area contributed by atoms with Crippen LogP contribution in [0.25, 0.3) is 0 Å². The molecule has 1 unspecified atom stereocenters. The van der Waals surface area contributed by atoms with Gasteiger partial charge in [-0.2, -0.15) is 0 Å². The highest BCUT2D eigenvalue weighted by atomic mass is 31.2. The quantitative estimate of drug-likeness (QED) is 0.628. The van der Waals surface area contributed by atoms with Crippen molar-refractivity contribution in [2.75, 3.05) is 13.3 Å². The van der Waals surface area contributed by atoms with E-state index in [0.29, 0.717) is 11.7 Å². The second-order valence-electron chi connectivity index (χ2n) is 3.44. The number of esters is 1. The Balaban J connectivity index is 2.53. The van der Waals surface area contributed by atoms with Crippen LogP contribution in [0.15, 0.2) is 30.3 Å². The van der Waals surface area contributed by atoms with E-state index in [1.54, 1.807) is 30.3 Å². The molecule has 0 spiro atoms. The van der Waals surface area contributed by atoms with Crippen molar-refractivity contribution in [1.82, 2.24) is 0 Å². The molecule has 0 heterocycles. The topological polar surface area (TPSA) is 63.6 Å². The monoisotopic (exact) mass is 242 g/mol. The van der Waals surface area contributed by atoms with Gasteiger partial charge in [0.15, 0.2) is 0 Å². The van der Waals surface area contributed by atoms with Gasteiger partial charge >= 0.3 is 5.97 Å². The Morgan fingerprint density at radius 3 is 2.56 bits per heavy atom. The molecule has 1 atom stereocenters. The summed E-state index contributed by atoms with van der Waals surface area (Å²) >= 11 is 0. The fourth-order valence-electron chi connectivity index (χ4n) is 1.33. The molecule has 5 heteroatoms. The predicted octanol–water partition coefficient (Wildman–Crippen LogP) is 1.54. The summed E-state index contributed by atoms with van der Waals surface area (Å²) in [6.07, 6.45) is 0.634. The maximum absolute atomic E-state index is 11.9. The van der Waals surface area contributed by atoms with Crippen molar-refractivity contribution in [2.45, 2.75) is 12.8 Å². The summed E-state index contributed by atoms with van der Waals surface area (Å²) in [4.78, 5) is 20.6. The lowest BCUT2D eigenvalue weighted by molar-refractivity contribution is -0.140. The number of methoxy groups -OCH3 is 1. The summed E-state index contributed by atoms with van der Waals surface area (Å²) in [5.41, 5.74) is 0. The number of carbonyl (C=O) groups excluding carboxylic acids is 1. The molecule has 4 nitrogen and oxygen atoms in total. The zero-order valence-electron chi connectivity index (χ0n) is 9.13. The Hall–Kier alpha value is -1.12. The molecule has 0 aliphatic carbocycles. The lowest BCUT2D eigenvalue weighted by Crippen LogP contribution is -2.08. The van der Waals surface area contributed by atoms with Gasteiger partial charge in [-0.05, 0) is 18.6 Å². The molecule has 0 saturated heterocycles. The molecule has 0 saturated carbocycles. The van der Waals surface area contributed by atoms with Crippen molar-refractivity contribution in [2.24, 2.45) is 0 Å². The highest BCUT2D eigenvalue weighted by Gasteiger charge is 2.20. The lowest BCUT2D eigenvalue weighted by Gasteiger charge is -2.10. The van der Waals surface area contributed by atoms with E-state index in [1.165, 1.54) is 7.11 Å². The highest BCUT2D eigenvalue weighted by molar-refractivity contribution is 7.66. The molecule has 16 heavy (non-hydrogen) atoms. The van der Waals surface area contributed by atoms with Crippen molar-refractivity contribution >= 4 is 18.6 Å². The van der Waals surface area contributed by atoms with Crippen molar-refractivity contribution < 1.29 is 19.0 Å². The largest absolute Gasteiger partial charge is 0.469 e. The Morgan fingerprint density at radius 2 is 2.00 bits per heavy atom. The summed E-state index contributed by atoms with van der Waals surface area (Å²) in [6, 6.07) is 8.48. The van der Waals surface area contributed by atoms with E-state index >= 15 is 0 Å². The first-order valence-electron chi connectivity index (χ1n) is 5.00. The normalized spacial score (nSPS) is 14.1. The molecule has 0 aromatic heterocycles. The van der Waals surface area contributed by atoms with Gasteiger partial charge in [-0.15, -0.1) is 0 Å². The standard InChI is InChI=1S/C11H15O4P/c1-15-11(12)8-5-9-16(13,14)10-6-3-2-4-7-10/h2-4,6-7H,5,8-9H2,1H3,(H,13,14). The van der Waals surface area contributed by atoms with Crippen LogP contribution in [0.2, 0.25) is 0 Å². The van der Waals surface area contributed by atoms with Gasteiger partial charge in [-0.25, -0.2) is 0 Å². The molecular weight excluding hydrogens is 227 g/mol. The van der Waals surface area contributed by atoms with Crippen LogP contribution in [-0.2, 0) is 14.1 Å². The van der Waals surface area contributed by atoms with Crippen LogP contribution in [0.1, 0.15) is 12.8 Å². The van der Waals surface area contributed by atoms with Gasteiger partial charge in [0.05, 0.1) is 7.11 Å². The number of rotatable bonds is 5. The van der Waals surface area contributed by atoms with Gasteiger partial charge in [0.25, 0.3) is 0 Å². The Bertz CT molecular complexity index is 388. The zero-order valence-corrected chi connectivity index (χ0v) is 10.0. The van der Waals surface area contributed by atoms with E-state index in [1.807, 2.05) is 0 Å². The molecule has 1 aromatic carbocycles. The predicted molar refractivity (Wildman–Crippen MR) is 62.0 cm³/mol. The first kappa shape index (κ1) is 12.9. The van der Waals surface area contributed by atoms with E-state index < -0.39 is 7.37 Å². The summed E-state index contributed by atoms with van der Waals surface area (Å²) in [6.45, 7) is 0. The number of benzene rings is 1. The molecule has 0 radical (unpaired) electrons. The third-order valence-electron chi connectivity index (χ3n) is 2.23. The van der Waals surface area contributed by atoms with Crippen LogP contribution in [0.5, 0.6) is 0 Å². The minimum atomic E-state index is -3.32. The van der Waals surface area contributed by atoms with Crippen LogP contribution < -0.4 is 5.30 Å². The molecule has 1 rings (SSSR count). The first-order chi connectivity index (χ1) is 7.56. The van der Waals surface area contributed by atoms with Crippen LogP contribution >= 0.6 is 7.37 Å². The third kappa shape index (κ3) is 3.80. The third-order valence-corrected chi connectivity index (χ3v) is 4.26. The summed E-state index contributed by atoms with van der Waals surface area (Å²) in [5.74, 6) is -0.354. The maximum Gasteiger partial charge on any atom is 0.305 e. The summed E-state index contributed by atoms with van der Waals surface area (Å²) < 4.78 is 16.3. The molecule has 0 aliphatic heterocycles. The SMILES string of the molecule is COC(=O)CCCP(=O)(O)c1ccccc1. The molecule has 0 aliphatic rings. The van der Waals surface area contributed by atoms with Crippen molar-refractivity contribution in [3.63, 3.8) is 0 Å². The minimum absolute atomic E-state index is 0.103. The minimum Gasteiger partial charge on any atom is -0.469 e. The van der Waals surface area contributed by atoms with Gasteiger partial charge in [-0.1, -0.05) is 18.2 Å². The number of hydrogen-bond donors (Lipinski definition) is 1. The van der Waals surface area contributed by atoms with Crippen molar-refractivity contribution in [3.8, 4) is 0 Å². The first-order valence-corrected chi connectivity index (χ1v) is 6.85. The van der Waals surface area contributed by atoms with Crippen LogP contribution in [-0.4, -0.2) is 24.1 Å². The van der Waals surface area contributed by atoms with Gasteiger partial charge in [0, 0.05) is 17.9 Å². The smallest absolute Gasteiger partial charge is 0.305 e. The van der Waals surface area contributed by atoms with Gasteiger partial charge < -0.3 is 9.63 Å². The van der Waals surface area contributed by atoms with E-state index in [-0.39, 0.29) is 18.6 Å². The molecule has 0 amide bonds. The number of hydrogen-bond acceptors (Lipinski definition) is 3. The Kier molecular flexibility index (Phi) is 4.71. The van der Waals surface area contributed by atoms with E-state index in [2.05, 4.69) is 4.74 Å². The molecule has 1 aromatic rings. The van der Waals surface area contributed by atoms with Gasteiger partial charge in [0.1, 0.15) is 0 Å². The molecule has 88 valence electrons. The second kappa shape index (κ2) is 5.83. The average Bonchev–Trinajstić information content (AvgIpc) is 2.30. The average molecular weight is 242 g/mol. The molecular formula is C11H15O4P. The fourth-order valence-corrected chi connectivity index (χ4v) is 2.81. The van der Waals surface area contributed by atoms with Crippen molar-refractivity contribution in [3.05, 3.63) is 30.3 Å². The van der Waals surface area contributed by atoms with Gasteiger partial charge in [-0.3, -0.25) is 9.36 Å². The lowest BCUT2D eigenvalue weighted by atomic mass is 10.3. The van der Waals surface area contributed by atoms with Crippen LogP contribution in [0, 0.1) is 0 Å². The Labute approximate surface area is 94.7 Å². The van der Waals surface area contributed by atoms with E-state index in [0.717, 1.165) is 0 Å². The number of ether oxygens (including phenoxy) is 1. The highest BCUT2D eigenvalue weighted by Crippen LogP contribution is 2.39. The van der Waals surface area contributed by atoms with Crippen molar-refractivity contribution in [1.29, 1.82) is 0 Å². The van der Waals surface area contributed by atoms with E-state index in [9.17, 15) is 14.3 Å². The van der Waals surface area contributed by atoms with Crippen LogP contribution in [0.3, 0.4) is 0 Å².